The van der Waals surface area contributed by atoms with E-state index in [0.717, 1.165) is 17.3 Å². The average Bonchev–Trinajstić information content (AvgIpc) is 2.78. The standard InChI is InChI=1S/C15H17N3O2/c1-9-16-17-13(11-12(14(19)20)15(11,2)3)18(9)10-7-5-4-6-8-10/h4-8,11-12H,1-3H3,(H,19,20). The van der Waals surface area contributed by atoms with Crippen molar-refractivity contribution >= 4 is 5.97 Å². The van der Waals surface area contributed by atoms with E-state index in [2.05, 4.69) is 10.2 Å². The van der Waals surface area contributed by atoms with Crippen LogP contribution in [0.25, 0.3) is 5.69 Å². The maximum absolute atomic E-state index is 11.4. The predicted molar refractivity (Wildman–Crippen MR) is 73.7 cm³/mol. The number of aryl methyl sites for hydroxylation is 1. The van der Waals surface area contributed by atoms with Gasteiger partial charge in [0.2, 0.25) is 0 Å². The fourth-order valence-electron chi connectivity index (χ4n) is 3.06. The minimum absolute atomic E-state index is 0.0959. The molecule has 1 saturated carbocycles. The molecule has 1 aliphatic rings. The molecule has 1 N–H and O–H groups in total. The van der Waals surface area contributed by atoms with Crippen molar-refractivity contribution in [1.82, 2.24) is 14.8 Å². The molecule has 1 heterocycles. The third-order valence-corrected chi connectivity index (χ3v) is 4.24. The van der Waals surface area contributed by atoms with Gasteiger partial charge in [-0.3, -0.25) is 9.36 Å². The molecule has 2 unspecified atom stereocenters. The number of hydrogen-bond acceptors (Lipinski definition) is 3. The van der Waals surface area contributed by atoms with Gasteiger partial charge in [-0.25, -0.2) is 0 Å². The van der Waals surface area contributed by atoms with Crippen LogP contribution in [0.1, 0.15) is 31.4 Å². The van der Waals surface area contributed by atoms with Crippen molar-refractivity contribution in [2.75, 3.05) is 0 Å². The van der Waals surface area contributed by atoms with Gasteiger partial charge in [0, 0.05) is 11.6 Å². The lowest BCUT2D eigenvalue weighted by Crippen LogP contribution is -2.05. The van der Waals surface area contributed by atoms with Crippen molar-refractivity contribution in [3.8, 4) is 5.69 Å². The van der Waals surface area contributed by atoms with Crippen LogP contribution < -0.4 is 0 Å². The van der Waals surface area contributed by atoms with E-state index in [0.29, 0.717) is 0 Å². The third-order valence-electron chi connectivity index (χ3n) is 4.24. The molecule has 0 aliphatic heterocycles. The molecule has 5 heteroatoms. The summed E-state index contributed by atoms with van der Waals surface area (Å²) in [7, 11) is 0. The van der Waals surface area contributed by atoms with Gasteiger partial charge < -0.3 is 5.11 Å². The summed E-state index contributed by atoms with van der Waals surface area (Å²) in [6, 6.07) is 9.80. The van der Waals surface area contributed by atoms with E-state index < -0.39 is 11.9 Å². The molecule has 1 fully saturated rings. The molecule has 0 spiro atoms. The summed E-state index contributed by atoms with van der Waals surface area (Å²) in [5.41, 5.74) is 0.689. The molecular weight excluding hydrogens is 254 g/mol. The molecule has 2 aromatic rings. The second-order valence-corrected chi connectivity index (χ2v) is 5.89. The largest absolute Gasteiger partial charge is 0.481 e. The van der Waals surface area contributed by atoms with Gasteiger partial charge in [0.25, 0.3) is 0 Å². The van der Waals surface area contributed by atoms with Crippen LogP contribution in [-0.2, 0) is 4.79 Å². The second-order valence-electron chi connectivity index (χ2n) is 5.89. The zero-order valence-corrected chi connectivity index (χ0v) is 11.7. The van der Waals surface area contributed by atoms with Crippen molar-refractivity contribution in [2.24, 2.45) is 11.3 Å². The zero-order valence-electron chi connectivity index (χ0n) is 11.7. The number of nitrogens with zero attached hydrogens (tertiary/aromatic N) is 3. The summed E-state index contributed by atoms with van der Waals surface area (Å²) >= 11 is 0. The Kier molecular flexibility index (Phi) is 2.67. The Bertz CT molecular complexity index is 661. The summed E-state index contributed by atoms with van der Waals surface area (Å²) in [5, 5.41) is 17.7. The zero-order chi connectivity index (χ0) is 14.5. The summed E-state index contributed by atoms with van der Waals surface area (Å²) < 4.78 is 1.95. The Labute approximate surface area is 117 Å². The summed E-state index contributed by atoms with van der Waals surface area (Å²) in [6.45, 7) is 5.82. The Morgan fingerprint density at radius 1 is 1.25 bits per heavy atom. The fourth-order valence-corrected chi connectivity index (χ4v) is 3.06. The monoisotopic (exact) mass is 271 g/mol. The summed E-state index contributed by atoms with van der Waals surface area (Å²) in [5.74, 6) is 0.263. The van der Waals surface area contributed by atoms with Crippen LogP contribution in [0.4, 0.5) is 0 Å². The topological polar surface area (TPSA) is 68.0 Å². The Balaban J connectivity index is 2.08. The number of carboxylic acid groups (broad SMARTS) is 1. The highest BCUT2D eigenvalue weighted by molar-refractivity contribution is 5.77. The lowest BCUT2D eigenvalue weighted by atomic mass is 10.1. The predicted octanol–water partition coefficient (Wildman–Crippen LogP) is 2.40. The smallest absolute Gasteiger partial charge is 0.307 e. The molecule has 0 amide bonds. The highest BCUT2D eigenvalue weighted by atomic mass is 16.4. The van der Waals surface area contributed by atoms with Crippen LogP contribution in [0.3, 0.4) is 0 Å². The molecule has 20 heavy (non-hydrogen) atoms. The minimum atomic E-state index is -0.764. The number of benzene rings is 1. The summed E-state index contributed by atoms with van der Waals surface area (Å²) in [6.07, 6.45) is 0. The van der Waals surface area contributed by atoms with Crippen molar-refractivity contribution in [3.63, 3.8) is 0 Å². The number of rotatable bonds is 3. The van der Waals surface area contributed by atoms with Crippen LogP contribution in [0, 0.1) is 18.3 Å². The van der Waals surface area contributed by atoms with E-state index in [-0.39, 0.29) is 11.3 Å². The number of hydrogen-bond donors (Lipinski definition) is 1. The van der Waals surface area contributed by atoms with Crippen LogP contribution in [0.2, 0.25) is 0 Å². The number of carboxylic acids is 1. The molecular formula is C15H17N3O2. The Hall–Kier alpha value is -2.17. The van der Waals surface area contributed by atoms with Crippen LogP contribution >= 0.6 is 0 Å². The number of aliphatic carboxylic acids is 1. The minimum Gasteiger partial charge on any atom is -0.481 e. The molecule has 2 atom stereocenters. The molecule has 0 bridgehead atoms. The van der Waals surface area contributed by atoms with Crippen molar-refractivity contribution in [2.45, 2.75) is 26.7 Å². The maximum Gasteiger partial charge on any atom is 0.307 e. The van der Waals surface area contributed by atoms with E-state index >= 15 is 0 Å². The van der Waals surface area contributed by atoms with E-state index in [1.807, 2.05) is 55.7 Å². The van der Waals surface area contributed by atoms with Gasteiger partial charge in [0.1, 0.15) is 11.6 Å². The molecule has 5 nitrogen and oxygen atoms in total. The highest BCUT2D eigenvalue weighted by Gasteiger charge is 2.65. The maximum atomic E-state index is 11.4. The van der Waals surface area contributed by atoms with Gasteiger partial charge in [-0.1, -0.05) is 32.0 Å². The van der Waals surface area contributed by atoms with Gasteiger partial charge in [0.05, 0.1) is 5.92 Å². The second kappa shape index (κ2) is 4.16. The Morgan fingerprint density at radius 3 is 2.45 bits per heavy atom. The van der Waals surface area contributed by atoms with Gasteiger partial charge in [0.15, 0.2) is 0 Å². The van der Waals surface area contributed by atoms with Crippen molar-refractivity contribution in [3.05, 3.63) is 42.0 Å². The lowest BCUT2D eigenvalue weighted by molar-refractivity contribution is -0.139. The van der Waals surface area contributed by atoms with Gasteiger partial charge in [-0.2, -0.15) is 0 Å². The van der Waals surface area contributed by atoms with Gasteiger partial charge in [-0.05, 0) is 24.5 Å². The van der Waals surface area contributed by atoms with Crippen molar-refractivity contribution in [1.29, 1.82) is 0 Å². The molecule has 104 valence electrons. The molecule has 0 saturated heterocycles. The van der Waals surface area contributed by atoms with Gasteiger partial charge >= 0.3 is 5.97 Å². The van der Waals surface area contributed by atoms with Crippen LogP contribution in [0.15, 0.2) is 30.3 Å². The van der Waals surface area contributed by atoms with Crippen molar-refractivity contribution < 1.29 is 9.90 Å². The van der Waals surface area contributed by atoms with E-state index in [9.17, 15) is 9.90 Å². The molecule has 1 aliphatic carbocycles. The Morgan fingerprint density at radius 2 is 1.90 bits per heavy atom. The number of carbonyl (C=O) groups is 1. The quantitative estimate of drug-likeness (QED) is 0.930. The van der Waals surface area contributed by atoms with Gasteiger partial charge in [-0.15, -0.1) is 10.2 Å². The number of aromatic nitrogens is 3. The molecule has 1 aromatic heterocycles. The molecule has 3 rings (SSSR count). The first-order valence-corrected chi connectivity index (χ1v) is 6.64. The summed E-state index contributed by atoms with van der Waals surface area (Å²) in [4.78, 5) is 11.4. The lowest BCUT2D eigenvalue weighted by Gasteiger charge is -2.09. The molecule has 1 aromatic carbocycles. The first-order chi connectivity index (χ1) is 9.44. The molecule has 0 radical (unpaired) electrons. The first kappa shape index (κ1) is 12.8. The third kappa shape index (κ3) is 1.73. The number of para-hydroxylation sites is 1. The fraction of sp³-hybridized carbons (Fsp3) is 0.400. The van der Waals surface area contributed by atoms with E-state index in [1.54, 1.807) is 0 Å². The normalized spacial score (nSPS) is 23.6. The highest BCUT2D eigenvalue weighted by Crippen LogP contribution is 2.64. The van der Waals surface area contributed by atoms with E-state index in [4.69, 9.17) is 0 Å². The SMILES string of the molecule is Cc1nnc(C2C(C(=O)O)C2(C)C)n1-c1ccccc1. The van der Waals surface area contributed by atoms with Crippen LogP contribution in [-0.4, -0.2) is 25.8 Å². The van der Waals surface area contributed by atoms with E-state index in [1.165, 1.54) is 0 Å². The first-order valence-electron chi connectivity index (χ1n) is 6.64. The van der Waals surface area contributed by atoms with Crippen LogP contribution in [0.5, 0.6) is 0 Å². The average molecular weight is 271 g/mol.